The van der Waals surface area contributed by atoms with Gasteiger partial charge in [-0.2, -0.15) is 18.4 Å². The van der Waals surface area contributed by atoms with E-state index in [1.807, 2.05) is 29.7 Å². The Labute approximate surface area is 286 Å². The molecule has 2 N–H and O–H groups in total. The lowest BCUT2D eigenvalue weighted by atomic mass is 10.0. The maximum absolute atomic E-state index is 13.0. The van der Waals surface area contributed by atoms with Crippen LogP contribution < -0.4 is 10.6 Å². The molecule has 5 heterocycles. The molecule has 1 amide bonds. The van der Waals surface area contributed by atoms with Crippen molar-refractivity contribution in [2.45, 2.75) is 71.3 Å². The number of anilines is 2. The van der Waals surface area contributed by atoms with Crippen LogP contribution in [0.1, 0.15) is 52.9 Å². The van der Waals surface area contributed by atoms with Gasteiger partial charge in [-0.3, -0.25) is 14.7 Å². The first-order valence-electron chi connectivity index (χ1n) is 16.3. The van der Waals surface area contributed by atoms with Crippen LogP contribution in [0.3, 0.4) is 0 Å². The number of nitrogens with one attached hydrogen (secondary N) is 2. The number of likely N-dealkylation sites (tertiary alicyclic amines) is 1. The number of carbonyl (C=O) groups excluding carboxylic acids is 1. The number of rotatable bonds is 11. The summed E-state index contributed by atoms with van der Waals surface area (Å²) in [5.74, 6) is 0.311. The van der Waals surface area contributed by atoms with Gasteiger partial charge in [0.25, 0.3) is 0 Å². The zero-order valence-electron chi connectivity index (χ0n) is 27.4. The predicted molar refractivity (Wildman–Crippen MR) is 187 cm³/mol. The number of thiophene rings is 1. The first-order valence-corrected chi connectivity index (χ1v) is 17.1. The van der Waals surface area contributed by atoms with Crippen LogP contribution in [0.25, 0.3) is 21.1 Å². The summed E-state index contributed by atoms with van der Waals surface area (Å²) >= 11 is 1.06. The highest BCUT2D eigenvalue weighted by atomic mass is 32.1. The molecule has 1 aromatic carbocycles. The predicted octanol–water partition coefficient (Wildman–Crippen LogP) is 7.33. The molecule has 1 aliphatic rings. The molecule has 0 radical (unpaired) electrons. The Hall–Kier alpha value is -4.80. The van der Waals surface area contributed by atoms with Crippen molar-refractivity contribution in [3.8, 4) is 6.07 Å². The molecule has 0 spiro atoms. The number of benzene rings is 1. The molecule has 1 aliphatic heterocycles. The number of halogens is 3. The number of aryl methyl sites for hydroxylation is 4. The molecule has 1 saturated heterocycles. The lowest BCUT2D eigenvalue weighted by Crippen LogP contribution is -2.39. The van der Waals surface area contributed by atoms with Gasteiger partial charge >= 0.3 is 6.18 Å². The first kappa shape index (κ1) is 34.1. The lowest BCUT2D eigenvalue weighted by Gasteiger charge is -2.33. The highest BCUT2D eigenvalue weighted by Gasteiger charge is 2.29. The van der Waals surface area contributed by atoms with Crippen molar-refractivity contribution in [3.63, 3.8) is 0 Å². The van der Waals surface area contributed by atoms with E-state index in [-0.39, 0.29) is 16.8 Å². The number of nitriles is 1. The van der Waals surface area contributed by atoms with Gasteiger partial charge in [0.05, 0.1) is 23.2 Å². The van der Waals surface area contributed by atoms with E-state index in [1.165, 1.54) is 18.0 Å². The molecule has 49 heavy (non-hydrogen) atoms. The minimum absolute atomic E-state index is 0.154. The maximum Gasteiger partial charge on any atom is 0.393 e. The fourth-order valence-electron chi connectivity index (χ4n) is 6.48. The third-order valence-electron chi connectivity index (χ3n) is 9.06. The number of aromatic nitrogens is 4. The van der Waals surface area contributed by atoms with Crippen molar-refractivity contribution in [1.82, 2.24) is 24.4 Å². The van der Waals surface area contributed by atoms with Crippen LogP contribution in [-0.2, 0) is 37.1 Å². The number of piperidine rings is 1. The molecule has 254 valence electrons. The van der Waals surface area contributed by atoms with Gasteiger partial charge in [-0.05, 0) is 73.7 Å². The maximum atomic E-state index is 13.0. The van der Waals surface area contributed by atoms with Crippen molar-refractivity contribution in [1.29, 1.82) is 5.26 Å². The monoisotopic (exact) mass is 686 g/mol. The van der Waals surface area contributed by atoms with Crippen molar-refractivity contribution in [3.05, 3.63) is 88.5 Å². The third-order valence-corrected chi connectivity index (χ3v) is 10.1. The van der Waals surface area contributed by atoms with Crippen LogP contribution in [0.4, 0.5) is 24.7 Å². The van der Waals surface area contributed by atoms with Gasteiger partial charge in [0, 0.05) is 60.1 Å². The van der Waals surface area contributed by atoms with Gasteiger partial charge in [-0.25, -0.2) is 9.97 Å². The summed E-state index contributed by atoms with van der Waals surface area (Å²) in [6, 6.07) is 14.1. The number of carbonyl (C=O) groups is 1. The summed E-state index contributed by atoms with van der Waals surface area (Å²) in [5.41, 5.74) is 6.33. The van der Waals surface area contributed by atoms with Gasteiger partial charge in [0.2, 0.25) is 5.91 Å². The molecule has 1 fully saturated rings. The van der Waals surface area contributed by atoms with E-state index in [2.05, 4.69) is 57.2 Å². The molecule has 0 aliphatic carbocycles. The molecule has 4 aromatic heterocycles. The number of nitrogens with zero attached hydrogens (tertiary/aromatic N) is 6. The summed E-state index contributed by atoms with van der Waals surface area (Å²) in [7, 11) is 0. The number of alkyl halides is 3. The zero-order valence-corrected chi connectivity index (χ0v) is 28.2. The van der Waals surface area contributed by atoms with Crippen LogP contribution in [0.2, 0.25) is 0 Å². The Bertz CT molecular complexity index is 2050. The van der Waals surface area contributed by atoms with Gasteiger partial charge in [0.1, 0.15) is 28.7 Å². The summed E-state index contributed by atoms with van der Waals surface area (Å²) < 4.78 is 40.9. The van der Waals surface area contributed by atoms with Gasteiger partial charge in [-0.15, -0.1) is 11.3 Å². The van der Waals surface area contributed by atoms with Gasteiger partial charge in [-0.1, -0.05) is 19.6 Å². The second kappa shape index (κ2) is 14.4. The Kier molecular flexibility index (Phi) is 9.99. The first-order chi connectivity index (χ1) is 23.5. The van der Waals surface area contributed by atoms with Crippen molar-refractivity contribution in [2.75, 3.05) is 23.7 Å². The Morgan fingerprint density at radius 3 is 2.67 bits per heavy atom. The van der Waals surface area contributed by atoms with Crippen LogP contribution in [0.15, 0.2) is 55.4 Å². The summed E-state index contributed by atoms with van der Waals surface area (Å²) in [4.78, 5) is 28.3. The summed E-state index contributed by atoms with van der Waals surface area (Å²) in [6.07, 6.45) is 0.449. The Morgan fingerprint density at radius 2 is 1.96 bits per heavy atom. The van der Waals surface area contributed by atoms with E-state index in [4.69, 9.17) is 4.98 Å². The Balaban J connectivity index is 1.10. The van der Waals surface area contributed by atoms with E-state index in [9.17, 15) is 23.2 Å². The summed E-state index contributed by atoms with van der Waals surface area (Å²) in [5, 5.41) is 18.0. The van der Waals surface area contributed by atoms with Crippen molar-refractivity contribution in [2.24, 2.45) is 0 Å². The fourth-order valence-corrected chi connectivity index (χ4v) is 7.51. The topological polar surface area (TPSA) is 112 Å². The summed E-state index contributed by atoms with van der Waals surface area (Å²) in [6.45, 7) is 10.7. The number of fused-ring (bicyclic) bond motifs is 2. The second-order valence-corrected chi connectivity index (χ2v) is 13.4. The van der Waals surface area contributed by atoms with Crippen LogP contribution >= 0.6 is 11.3 Å². The third kappa shape index (κ3) is 7.76. The largest absolute Gasteiger partial charge is 0.393 e. The molecule has 0 saturated carbocycles. The smallest absolute Gasteiger partial charge is 0.367 e. The van der Waals surface area contributed by atoms with Gasteiger partial charge < -0.3 is 15.2 Å². The van der Waals surface area contributed by atoms with E-state index in [0.717, 1.165) is 71.7 Å². The molecule has 0 atom stereocenters. The molecule has 5 aromatic rings. The fraction of sp³-hybridized carbons (Fsp3) is 0.361. The Morgan fingerprint density at radius 1 is 1.16 bits per heavy atom. The average Bonchev–Trinajstić information content (AvgIpc) is 3.66. The van der Waals surface area contributed by atoms with Crippen LogP contribution in [0, 0.1) is 18.3 Å². The zero-order chi connectivity index (χ0) is 34.7. The van der Waals surface area contributed by atoms with E-state index in [1.54, 1.807) is 6.07 Å². The van der Waals surface area contributed by atoms with Gasteiger partial charge in [0.15, 0.2) is 0 Å². The molecule has 0 unspecified atom stereocenters. The molecule has 0 bridgehead atoms. The van der Waals surface area contributed by atoms with Crippen LogP contribution in [-0.4, -0.2) is 55.6 Å². The number of amides is 1. The van der Waals surface area contributed by atoms with E-state index >= 15 is 0 Å². The minimum Gasteiger partial charge on any atom is -0.367 e. The second-order valence-electron chi connectivity index (χ2n) is 12.3. The van der Waals surface area contributed by atoms with Crippen molar-refractivity contribution >= 4 is 49.9 Å². The van der Waals surface area contributed by atoms with E-state index < -0.39 is 12.6 Å². The minimum atomic E-state index is -4.27. The highest BCUT2D eigenvalue weighted by Crippen LogP contribution is 2.33. The molecular weight excluding hydrogens is 650 g/mol. The molecule has 9 nitrogen and oxygen atoms in total. The molecule has 13 heteroatoms. The lowest BCUT2D eigenvalue weighted by molar-refractivity contribution is -0.126. The quantitative estimate of drug-likeness (QED) is 0.140. The SMILES string of the molecule is C=CC(=O)Nc1ccc(CCn2c(C#N)cc3c(C)c(CN4CCC(Nc5ncnc6sc(CC(F)(F)F)cc56)CC4)ccc32)nc1CC. The van der Waals surface area contributed by atoms with Crippen LogP contribution in [0.5, 0.6) is 0 Å². The van der Waals surface area contributed by atoms with Crippen molar-refractivity contribution < 1.29 is 18.0 Å². The standard InChI is InChI=1S/C36H37F3N8OS/c1-4-30-31(45-33(48)5-2)8-7-24(43-30)12-15-47-26(19-40)16-28-22(3)23(6-9-32(28)47)20-46-13-10-25(11-14-46)44-34-29-17-27(18-36(37,38)39)49-35(29)42-21-41-34/h5-9,16-17,21,25H,2,4,10-15,18,20H2,1,3H3,(H,45,48)(H,41,42,44). The molecule has 6 rings (SSSR count). The number of hydrogen-bond donors (Lipinski definition) is 2. The average molecular weight is 687 g/mol. The normalized spacial score (nSPS) is 14.3. The number of hydrogen-bond acceptors (Lipinski definition) is 8. The number of pyridine rings is 1. The highest BCUT2D eigenvalue weighted by molar-refractivity contribution is 7.18. The molecular formula is C36H37F3N8OS. The van der Waals surface area contributed by atoms with E-state index in [0.29, 0.717) is 46.8 Å².